The van der Waals surface area contributed by atoms with Crippen LogP contribution in [0.25, 0.3) is 0 Å². The molecule has 0 unspecified atom stereocenters. The van der Waals surface area contributed by atoms with Crippen LogP contribution in [0.15, 0.2) is 47.6 Å². The first kappa shape index (κ1) is 18.3. The highest BCUT2D eigenvalue weighted by atomic mass is 32.1. The van der Waals surface area contributed by atoms with Gasteiger partial charge in [-0.3, -0.25) is 10.2 Å². The molecule has 0 saturated carbocycles. The van der Waals surface area contributed by atoms with E-state index in [1.54, 1.807) is 30.3 Å². The van der Waals surface area contributed by atoms with Gasteiger partial charge in [-0.15, -0.1) is 0 Å². The lowest BCUT2D eigenvalue weighted by molar-refractivity contribution is -0.132. The van der Waals surface area contributed by atoms with Gasteiger partial charge >= 0.3 is 5.97 Å². The largest absolute Gasteiger partial charge is 0.493 e. The van der Waals surface area contributed by atoms with Crippen molar-refractivity contribution in [1.82, 2.24) is 5.43 Å². The smallest absolute Gasteiger partial charge is 0.308 e. The van der Waals surface area contributed by atoms with Crippen LogP contribution >= 0.6 is 12.2 Å². The van der Waals surface area contributed by atoms with Gasteiger partial charge in [0.25, 0.3) is 0 Å². The maximum Gasteiger partial charge on any atom is 0.308 e. The van der Waals surface area contributed by atoms with Crippen molar-refractivity contribution >= 4 is 35.2 Å². The second-order valence-corrected chi connectivity index (χ2v) is 5.24. The monoisotopic (exact) mass is 361 g/mol. The number of rotatable bonds is 5. The highest BCUT2D eigenvalue weighted by Crippen LogP contribution is 2.27. The summed E-state index contributed by atoms with van der Waals surface area (Å²) in [5.41, 5.74) is 4.00. The Bertz CT molecular complexity index is 794. The Hall–Kier alpha value is -3.00. The van der Waals surface area contributed by atoms with E-state index >= 15 is 0 Å². The zero-order valence-corrected chi connectivity index (χ0v) is 14.4. The summed E-state index contributed by atoms with van der Waals surface area (Å²) in [6.07, 6.45) is 1.53. The number of carbonyl (C=O) groups excluding carboxylic acids is 1. The fraction of sp³-hybridized carbons (Fsp3) is 0.118. The molecule has 0 aliphatic heterocycles. The molecule has 0 bridgehead atoms. The molecule has 130 valence electrons. The molecule has 0 aromatic heterocycles. The van der Waals surface area contributed by atoms with Gasteiger partial charge in [0.05, 0.1) is 13.3 Å². The van der Waals surface area contributed by atoms with Gasteiger partial charge in [0, 0.05) is 12.6 Å². The molecule has 2 aromatic carbocycles. The minimum atomic E-state index is -0.432. The summed E-state index contributed by atoms with van der Waals surface area (Å²) < 4.78 is 23.0. The van der Waals surface area contributed by atoms with Crippen molar-refractivity contribution in [1.29, 1.82) is 0 Å². The van der Waals surface area contributed by atoms with E-state index in [-0.39, 0.29) is 10.9 Å². The van der Waals surface area contributed by atoms with Gasteiger partial charge in [0.2, 0.25) is 0 Å². The van der Waals surface area contributed by atoms with Crippen LogP contribution in [0.5, 0.6) is 11.5 Å². The first-order chi connectivity index (χ1) is 12.0. The molecule has 0 atom stereocenters. The number of halogens is 1. The molecule has 6 nitrogen and oxygen atoms in total. The summed E-state index contributed by atoms with van der Waals surface area (Å²) in [6, 6.07) is 10.8. The van der Waals surface area contributed by atoms with Crippen LogP contribution in [0, 0.1) is 5.82 Å². The SMILES string of the molecule is COc1cc(/C=N\NC(=S)Nc2ccc(F)cc2)ccc1OC(C)=O. The molecule has 2 N–H and O–H groups in total. The quantitative estimate of drug-likeness (QED) is 0.280. The fourth-order valence-electron chi connectivity index (χ4n) is 1.86. The van der Waals surface area contributed by atoms with Crippen molar-refractivity contribution in [2.24, 2.45) is 5.10 Å². The molecule has 0 amide bonds. The minimum Gasteiger partial charge on any atom is -0.493 e. The molecular formula is C17H16FN3O3S. The molecule has 0 spiro atoms. The highest BCUT2D eigenvalue weighted by Gasteiger charge is 2.07. The maximum absolute atomic E-state index is 12.8. The first-order valence-electron chi connectivity index (χ1n) is 7.20. The molecular weight excluding hydrogens is 345 g/mol. The number of hydrazone groups is 1. The van der Waals surface area contributed by atoms with Crippen molar-refractivity contribution in [2.75, 3.05) is 12.4 Å². The Morgan fingerprint density at radius 1 is 1.20 bits per heavy atom. The van der Waals surface area contributed by atoms with Crippen molar-refractivity contribution in [3.63, 3.8) is 0 Å². The molecule has 0 heterocycles. The summed E-state index contributed by atoms with van der Waals surface area (Å²) in [4.78, 5) is 11.0. The first-order valence-corrected chi connectivity index (χ1v) is 7.61. The van der Waals surface area contributed by atoms with E-state index in [0.717, 1.165) is 0 Å². The lowest BCUT2D eigenvalue weighted by Crippen LogP contribution is -2.23. The zero-order valence-electron chi connectivity index (χ0n) is 13.6. The second-order valence-electron chi connectivity index (χ2n) is 4.83. The lowest BCUT2D eigenvalue weighted by atomic mass is 10.2. The minimum absolute atomic E-state index is 0.256. The normalized spacial score (nSPS) is 10.4. The van der Waals surface area contributed by atoms with Crippen molar-refractivity contribution in [3.05, 3.63) is 53.8 Å². The predicted octanol–water partition coefficient (Wildman–Crippen LogP) is 3.08. The zero-order chi connectivity index (χ0) is 18.2. The number of carbonyl (C=O) groups is 1. The Morgan fingerprint density at radius 3 is 2.56 bits per heavy atom. The second kappa shape index (κ2) is 8.74. The number of thiocarbonyl (C=S) groups is 1. The summed E-state index contributed by atoms with van der Waals surface area (Å²) in [7, 11) is 1.48. The average Bonchev–Trinajstić information content (AvgIpc) is 2.57. The van der Waals surface area contributed by atoms with Gasteiger partial charge < -0.3 is 14.8 Å². The summed E-state index contributed by atoms with van der Waals surface area (Å²) in [5, 5.41) is 7.13. The van der Waals surface area contributed by atoms with Gasteiger partial charge in [-0.1, -0.05) is 0 Å². The average molecular weight is 361 g/mol. The number of nitrogens with zero attached hydrogens (tertiary/aromatic N) is 1. The Morgan fingerprint density at radius 2 is 1.92 bits per heavy atom. The van der Waals surface area contributed by atoms with E-state index in [1.807, 2.05) is 0 Å². The van der Waals surface area contributed by atoms with Gasteiger partial charge in [0.15, 0.2) is 16.6 Å². The van der Waals surface area contributed by atoms with Gasteiger partial charge in [-0.2, -0.15) is 5.10 Å². The number of hydrogen-bond donors (Lipinski definition) is 2. The van der Waals surface area contributed by atoms with Gasteiger partial charge in [-0.05, 0) is 60.2 Å². The molecule has 2 rings (SSSR count). The molecule has 0 radical (unpaired) electrons. The third kappa shape index (κ3) is 5.85. The molecule has 0 fully saturated rings. The summed E-state index contributed by atoms with van der Waals surface area (Å²) in [6.45, 7) is 1.31. The molecule has 0 aliphatic rings. The lowest BCUT2D eigenvalue weighted by Gasteiger charge is -2.08. The van der Waals surface area contributed by atoms with Crippen molar-refractivity contribution in [2.45, 2.75) is 6.92 Å². The third-order valence-electron chi connectivity index (χ3n) is 2.92. The van der Waals surface area contributed by atoms with Gasteiger partial charge in [-0.25, -0.2) is 4.39 Å². The number of methoxy groups -OCH3 is 1. The fourth-order valence-corrected chi connectivity index (χ4v) is 2.03. The Labute approximate surface area is 149 Å². The van der Waals surface area contributed by atoms with Crippen LogP contribution in [-0.4, -0.2) is 24.4 Å². The van der Waals surface area contributed by atoms with Crippen LogP contribution in [0.1, 0.15) is 12.5 Å². The van der Waals surface area contributed by atoms with Crippen molar-refractivity contribution in [3.8, 4) is 11.5 Å². The van der Waals surface area contributed by atoms with E-state index < -0.39 is 5.97 Å². The van der Waals surface area contributed by atoms with E-state index in [4.69, 9.17) is 21.7 Å². The number of esters is 1. The molecule has 0 aliphatic carbocycles. The Balaban J connectivity index is 1.95. The summed E-state index contributed by atoms with van der Waals surface area (Å²) in [5.74, 6) is -0.0213. The third-order valence-corrected chi connectivity index (χ3v) is 3.12. The van der Waals surface area contributed by atoms with Crippen LogP contribution in [0.4, 0.5) is 10.1 Å². The standard InChI is InChI=1S/C17H16FN3O3S/c1-11(22)24-15-8-3-12(9-16(15)23-2)10-19-21-17(25)20-14-6-4-13(18)5-7-14/h3-10H,1-2H3,(H2,20,21,25)/b19-10-. The molecule has 8 heteroatoms. The topological polar surface area (TPSA) is 71.9 Å². The van der Waals surface area contributed by atoms with Crippen LogP contribution < -0.4 is 20.2 Å². The Kier molecular flexibility index (Phi) is 6.41. The van der Waals surface area contributed by atoms with Crippen LogP contribution in [0.2, 0.25) is 0 Å². The highest BCUT2D eigenvalue weighted by molar-refractivity contribution is 7.80. The molecule has 0 saturated heterocycles. The number of nitrogens with one attached hydrogen (secondary N) is 2. The van der Waals surface area contributed by atoms with E-state index in [9.17, 15) is 9.18 Å². The van der Waals surface area contributed by atoms with Crippen LogP contribution in [0.3, 0.4) is 0 Å². The van der Waals surface area contributed by atoms with E-state index in [0.29, 0.717) is 22.7 Å². The maximum atomic E-state index is 12.8. The van der Waals surface area contributed by atoms with E-state index in [1.165, 1.54) is 32.4 Å². The number of ether oxygens (including phenoxy) is 2. The number of anilines is 1. The molecule has 25 heavy (non-hydrogen) atoms. The summed E-state index contributed by atoms with van der Waals surface area (Å²) >= 11 is 5.09. The van der Waals surface area contributed by atoms with Crippen LogP contribution in [-0.2, 0) is 4.79 Å². The number of hydrogen-bond acceptors (Lipinski definition) is 5. The number of benzene rings is 2. The predicted molar refractivity (Wildman–Crippen MR) is 97.7 cm³/mol. The van der Waals surface area contributed by atoms with Gasteiger partial charge in [0.1, 0.15) is 5.82 Å². The molecule has 2 aromatic rings. The van der Waals surface area contributed by atoms with E-state index in [2.05, 4.69) is 15.8 Å². The van der Waals surface area contributed by atoms with Crippen molar-refractivity contribution < 1.29 is 18.7 Å².